The summed E-state index contributed by atoms with van der Waals surface area (Å²) in [5.74, 6) is 0. The van der Waals surface area contributed by atoms with Crippen LogP contribution in [0.5, 0.6) is 0 Å². The Morgan fingerprint density at radius 1 is 0.481 bits per heavy atom. The molecule has 2 heterocycles. The van der Waals surface area contributed by atoms with Gasteiger partial charge in [-0.25, -0.2) is 0 Å². The van der Waals surface area contributed by atoms with Crippen molar-refractivity contribution in [2.45, 2.75) is 6.92 Å². The Kier molecular flexibility index (Phi) is 4.16. The molecule has 0 aliphatic carbocycles. The molecule has 0 N–H and O–H groups in total. The van der Waals surface area contributed by atoms with E-state index in [-0.39, 0.29) is 0 Å². The molecule has 5 rings (SSSR count). The van der Waals surface area contributed by atoms with Crippen LogP contribution < -0.4 is 0 Å². The molecule has 0 unspecified atom stereocenters. The summed E-state index contributed by atoms with van der Waals surface area (Å²) in [6.45, 7) is 2.14. The molecule has 0 spiro atoms. The van der Waals surface area contributed by atoms with Crippen molar-refractivity contribution in [2.75, 3.05) is 0 Å². The van der Waals surface area contributed by atoms with Crippen molar-refractivity contribution < 1.29 is 0 Å². The van der Waals surface area contributed by atoms with E-state index < -0.39 is 0 Å². The number of aryl methyl sites for hydroxylation is 1. The smallest absolute Gasteiger partial charge is 0.0449 e. The normalized spacial score (nSPS) is 11.1. The van der Waals surface area contributed by atoms with Gasteiger partial charge in [-0.15, -0.1) is 22.7 Å². The van der Waals surface area contributed by atoms with Gasteiger partial charge in [0.2, 0.25) is 0 Å². The summed E-state index contributed by atoms with van der Waals surface area (Å²) < 4.78 is 0. The first kappa shape index (κ1) is 16.5. The van der Waals surface area contributed by atoms with Crippen LogP contribution in [0.25, 0.3) is 41.4 Å². The Hall–Kier alpha value is -2.68. The topological polar surface area (TPSA) is 0 Å². The van der Waals surface area contributed by atoms with Gasteiger partial charge in [0.25, 0.3) is 0 Å². The van der Waals surface area contributed by atoms with Crippen molar-refractivity contribution in [2.24, 2.45) is 0 Å². The van der Waals surface area contributed by atoms with Crippen molar-refractivity contribution in [1.82, 2.24) is 0 Å². The summed E-state index contributed by atoms with van der Waals surface area (Å²) in [5.41, 5.74) is 3.89. The summed E-state index contributed by atoms with van der Waals surface area (Å²) >= 11 is 3.73. The van der Waals surface area contributed by atoms with Crippen molar-refractivity contribution in [3.05, 3.63) is 96.6 Å². The second-order valence-corrected chi connectivity index (χ2v) is 8.93. The minimum atomic E-state index is 1.29. The number of rotatable bonds is 3. The highest BCUT2D eigenvalue weighted by Crippen LogP contribution is 2.40. The molecule has 0 nitrogen and oxygen atoms in total. The largest absolute Gasteiger partial charge is 0.134 e. The molecule has 0 amide bonds. The Bertz CT molecular complexity index is 1230. The minimum Gasteiger partial charge on any atom is -0.134 e. The summed E-state index contributed by atoms with van der Waals surface area (Å²) in [6, 6.07) is 33.0. The Morgan fingerprint density at radius 2 is 1.07 bits per heavy atom. The molecule has 0 saturated carbocycles. The van der Waals surface area contributed by atoms with E-state index in [0.717, 1.165) is 0 Å². The van der Waals surface area contributed by atoms with Gasteiger partial charge < -0.3 is 0 Å². The summed E-state index contributed by atoms with van der Waals surface area (Å²) in [5, 5.41) is 2.61. The molecule has 0 aliphatic rings. The third-order valence-electron chi connectivity index (χ3n) is 4.79. The Morgan fingerprint density at radius 3 is 1.81 bits per heavy atom. The summed E-state index contributed by atoms with van der Waals surface area (Å²) in [7, 11) is 0. The first-order valence-electron chi connectivity index (χ1n) is 9.02. The van der Waals surface area contributed by atoms with E-state index in [4.69, 9.17) is 0 Å². The van der Waals surface area contributed by atoms with Crippen LogP contribution in [0.15, 0.2) is 91.0 Å². The molecule has 0 saturated heterocycles. The molecular weight excluding hydrogens is 364 g/mol. The van der Waals surface area contributed by atoms with Crippen LogP contribution in [0.3, 0.4) is 0 Å². The minimum absolute atomic E-state index is 1.29. The molecule has 27 heavy (non-hydrogen) atoms. The van der Waals surface area contributed by atoms with Gasteiger partial charge in [0.15, 0.2) is 0 Å². The number of benzene rings is 3. The molecule has 0 bridgehead atoms. The second-order valence-electron chi connectivity index (χ2n) is 6.76. The van der Waals surface area contributed by atoms with Gasteiger partial charge in [0.05, 0.1) is 0 Å². The fourth-order valence-corrected chi connectivity index (χ4v) is 5.48. The maximum Gasteiger partial charge on any atom is 0.0449 e. The third-order valence-corrected chi connectivity index (χ3v) is 7.26. The second kappa shape index (κ2) is 6.80. The first-order chi connectivity index (χ1) is 13.3. The van der Waals surface area contributed by atoms with Crippen LogP contribution in [0.4, 0.5) is 0 Å². The molecule has 0 aliphatic heterocycles. The molecular formula is C25H18S2. The zero-order chi connectivity index (χ0) is 18.2. The van der Waals surface area contributed by atoms with Gasteiger partial charge in [0, 0.05) is 19.5 Å². The van der Waals surface area contributed by atoms with Gasteiger partial charge >= 0.3 is 0 Å². The quantitative estimate of drug-likeness (QED) is 0.294. The number of hydrogen-bond donors (Lipinski definition) is 0. The zero-order valence-corrected chi connectivity index (χ0v) is 16.6. The predicted molar refractivity (Wildman–Crippen MR) is 121 cm³/mol. The molecule has 130 valence electrons. The zero-order valence-electron chi connectivity index (χ0n) is 15.0. The highest BCUT2D eigenvalue weighted by molar-refractivity contribution is 7.25. The van der Waals surface area contributed by atoms with Crippen LogP contribution in [0, 0.1) is 6.92 Å². The van der Waals surface area contributed by atoms with Crippen molar-refractivity contribution >= 4 is 33.4 Å². The van der Waals surface area contributed by atoms with E-state index in [0.29, 0.717) is 0 Å². The maximum atomic E-state index is 2.30. The molecule has 3 aromatic carbocycles. The van der Waals surface area contributed by atoms with E-state index in [1.54, 1.807) is 0 Å². The van der Waals surface area contributed by atoms with Gasteiger partial charge in [-0.05, 0) is 59.2 Å². The van der Waals surface area contributed by atoms with Gasteiger partial charge in [0.1, 0.15) is 0 Å². The van der Waals surface area contributed by atoms with E-state index in [1.807, 2.05) is 22.7 Å². The molecule has 5 aromatic rings. The Balaban J connectivity index is 1.48. The van der Waals surface area contributed by atoms with E-state index >= 15 is 0 Å². The fourth-order valence-electron chi connectivity index (χ4n) is 3.37. The number of fused-ring (bicyclic) bond motifs is 1. The van der Waals surface area contributed by atoms with Crippen LogP contribution in [0.1, 0.15) is 5.56 Å². The molecule has 2 aromatic heterocycles. The van der Waals surface area contributed by atoms with Crippen LogP contribution in [0.2, 0.25) is 0 Å². The van der Waals surface area contributed by atoms with Crippen LogP contribution in [-0.4, -0.2) is 0 Å². The van der Waals surface area contributed by atoms with Gasteiger partial charge in [-0.2, -0.15) is 0 Å². The van der Waals surface area contributed by atoms with Crippen LogP contribution in [-0.2, 0) is 0 Å². The molecule has 0 fully saturated rings. The first-order valence-corrected chi connectivity index (χ1v) is 10.7. The van der Waals surface area contributed by atoms with E-state index in [2.05, 4.69) is 97.9 Å². The standard InChI is InChI=1S/C25H18S2/c1-17-7-8-20-16-21(10-9-19(20)15-17)23-12-14-25(27-23)24-13-11-22(26-24)18-5-3-2-4-6-18/h2-16H,1H3. The van der Waals surface area contributed by atoms with Crippen molar-refractivity contribution in [3.63, 3.8) is 0 Å². The Labute approximate surface area is 167 Å². The lowest BCUT2D eigenvalue weighted by Crippen LogP contribution is -1.77. The lowest BCUT2D eigenvalue weighted by molar-refractivity contribution is 1.51. The van der Waals surface area contributed by atoms with E-state index in [9.17, 15) is 0 Å². The van der Waals surface area contributed by atoms with E-state index in [1.165, 1.54) is 47.0 Å². The monoisotopic (exact) mass is 382 g/mol. The predicted octanol–water partition coefficient (Wildman–Crippen LogP) is 8.27. The van der Waals surface area contributed by atoms with Crippen molar-refractivity contribution in [3.8, 4) is 30.6 Å². The van der Waals surface area contributed by atoms with Gasteiger partial charge in [-0.1, -0.05) is 66.2 Å². The lowest BCUT2D eigenvalue weighted by Gasteiger charge is -2.03. The summed E-state index contributed by atoms with van der Waals surface area (Å²) in [4.78, 5) is 5.31. The highest BCUT2D eigenvalue weighted by Gasteiger charge is 2.09. The summed E-state index contributed by atoms with van der Waals surface area (Å²) in [6.07, 6.45) is 0. The lowest BCUT2D eigenvalue weighted by atomic mass is 10.0. The molecule has 0 atom stereocenters. The molecule has 0 radical (unpaired) electrons. The van der Waals surface area contributed by atoms with Gasteiger partial charge in [-0.3, -0.25) is 0 Å². The fraction of sp³-hybridized carbons (Fsp3) is 0.0400. The SMILES string of the molecule is Cc1ccc2cc(-c3ccc(-c4ccc(-c5ccccc5)s4)s3)ccc2c1. The highest BCUT2D eigenvalue weighted by atomic mass is 32.1. The average molecular weight is 383 g/mol. The van der Waals surface area contributed by atoms with Crippen LogP contribution >= 0.6 is 22.7 Å². The average Bonchev–Trinajstić information content (AvgIpc) is 3.38. The molecule has 2 heteroatoms. The number of hydrogen-bond acceptors (Lipinski definition) is 2. The maximum absolute atomic E-state index is 2.30. The third kappa shape index (κ3) is 3.23. The number of thiophene rings is 2. The van der Waals surface area contributed by atoms with Crippen molar-refractivity contribution in [1.29, 1.82) is 0 Å².